The molecule has 5 heteroatoms. The van der Waals surface area contributed by atoms with Gasteiger partial charge in [-0.15, -0.1) is 11.6 Å². The summed E-state index contributed by atoms with van der Waals surface area (Å²) in [6.07, 6.45) is 7.37. The van der Waals surface area contributed by atoms with E-state index in [-0.39, 0.29) is 11.4 Å². The van der Waals surface area contributed by atoms with Crippen molar-refractivity contribution < 1.29 is 8.42 Å². The first-order chi connectivity index (χ1) is 9.91. The Balaban J connectivity index is 2.19. The molecular formula is C16H22ClNO2S. The topological polar surface area (TPSA) is 37.4 Å². The summed E-state index contributed by atoms with van der Waals surface area (Å²) in [6.45, 7) is 1.95. The van der Waals surface area contributed by atoms with Crippen molar-refractivity contribution in [3.05, 3.63) is 42.0 Å². The van der Waals surface area contributed by atoms with Crippen LogP contribution in [0.2, 0.25) is 0 Å². The number of hydrogen-bond donors (Lipinski definition) is 0. The highest BCUT2D eigenvalue weighted by atomic mass is 35.5. The second-order valence-electron chi connectivity index (χ2n) is 5.60. The quantitative estimate of drug-likeness (QED) is 0.626. The predicted octanol–water partition coefficient (Wildman–Crippen LogP) is 3.72. The first-order valence-corrected chi connectivity index (χ1v) is 9.14. The van der Waals surface area contributed by atoms with Crippen molar-refractivity contribution in [2.24, 2.45) is 0 Å². The molecule has 2 atom stereocenters. The number of benzene rings is 1. The molecule has 0 fully saturated rings. The Kier molecular flexibility index (Phi) is 5.47. The average molecular weight is 328 g/mol. The fourth-order valence-corrected chi connectivity index (χ4v) is 4.20. The van der Waals surface area contributed by atoms with Crippen LogP contribution in [0.5, 0.6) is 0 Å². The van der Waals surface area contributed by atoms with Crippen LogP contribution in [0.15, 0.2) is 41.3 Å². The molecule has 0 spiro atoms. The highest BCUT2D eigenvalue weighted by Crippen LogP contribution is 2.24. The molecule has 2 rings (SSSR count). The number of halogens is 1. The van der Waals surface area contributed by atoms with E-state index in [0.29, 0.717) is 11.3 Å². The fraction of sp³-hybridized carbons (Fsp3) is 0.500. The molecule has 0 aromatic heterocycles. The van der Waals surface area contributed by atoms with Crippen molar-refractivity contribution in [2.75, 3.05) is 7.05 Å². The zero-order chi connectivity index (χ0) is 15.5. The zero-order valence-electron chi connectivity index (χ0n) is 12.5. The lowest BCUT2D eigenvalue weighted by atomic mass is 10.0. The molecule has 0 bridgehead atoms. The lowest BCUT2D eigenvalue weighted by molar-refractivity contribution is 0.339. The van der Waals surface area contributed by atoms with Crippen LogP contribution in [0.3, 0.4) is 0 Å². The molecule has 0 heterocycles. The largest absolute Gasteiger partial charge is 0.243 e. The highest BCUT2D eigenvalue weighted by Gasteiger charge is 2.27. The third kappa shape index (κ3) is 4.09. The molecule has 0 saturated carbocycles. The van der Waals surface area contributed by atoms with Crippen molar-refractivity contribution >= 4 is 21.6 Å². The fourth-order valence-electron chi connectivity index (χ4n) is 2.55. The molecule has 1 aromatic rings. The Hall–Kier alpha value is -0.840. The number of sulfonamides is 1. The van der Waals surface area contributed by atoms with Crippen LogP contribution in [0, 0.1) is 6.92 Å². The van der Waals surface area contributed by atoms with Gasteiger partial charge in [-0.05, 0) is 38.3 Å². The molecule has 0 amide bonds. The van der Waals surface area contributed by atoms with Gasteiger partial charge in [-0.25, -0.2) is 8.42 Å². The minimum Gasteiger partial charge on any atom is -0.207 e. The zero-order valence-corrected chi connectivity index (χ0v) is 14.1. The van der Waals surface area contributed by atoms with E-state index in [1.165, 1.54) is 4.31 Å². The molecular weight excluding hydrogens is 306 g/mol. The van der Waals surface area contributed by atoms with Crippen molar-refractivity contribution in [3.63, 3.8) is 0 Å². The SMILES string of the molecule is Cc1ccc(S(=O)(=O)N(C)C2C/C=C\C(Cl)CCC2)cc1. The van der Waals surface area contributed by atoms with Crippen LogP contribution < -0.4 is 0 Å². The van der Waals surface area contributed by atoms with E-state index in [9.17, 15) is 8.42 Å². The van der Waals surface area contributed by atoms with Gasteiger partial charge in [0.1, 0.15) is 0 Å². The standard InChI is InChI=1S/C16H22ClNO2S/c1-13-9-11-16(12-10-13)21(19,20)18(2)15-7-3-5-14(17)6-4-8-15/h3,5,9-12,14-15H,4,6-8H2,1-2H3/b5-3-. The molecule has 2 unspecified atom stereocenters. The maximum Gasteiger partial charge on any atom is 0.243 e. The molecule has 0 radical (unpaired) electrons. The summed E-state index contributed by atoms with van der Waals surface area (Å²) in [4.78, 5) is 0.358. The summed E-state index contributed by atoms with van der Waals surface area (Å²) in [6, 6.07) is 7.01. The van der Waals surface area contributed by atoms with Gasteiger partial charge in [-0.1, -0.05) is 36.3 Å². The predicted molar refractivity (Wildman–Crippen MR) is 87.2 cm³/mol. The number of aryl methyl sites for hydroxylation is 1. The molecule has 21 heavy (non-hydrogen) atoms. The van der Waals surface area contributed by atoms with E-state index in [1.807, 2.05) is 31.2 Å². The van der Waals surface area contributed by atoms with Crippen LogP contribution in [0.25, 0.3) is 0 Å². The van der Waals surface area contributed by atoms with Gasteiger partial charge < -0.3 is 0 Å². The lowest BCUT2D eigenvalue weighted by Gasteiger charge is -2.28. The molecule has 0 N–H and O–H groups in total. The maximum absolute atomic E-state index is 12.7. The number of nitrogens with zero attached hydrogens (tertiary/aromatic N) is 1. The second-order valence-corrected chi connectivity index (χ2v) is 8.16. The lowest BCUT2D eigenvalue weighted by Crippen LogP contribution is -2.37. The van der Waals surface area contributed by atoms with E-state index in [4.69, 9.17) is 11.6 Å². The van der Waals surface area contributed by atoms with Gasteiger partial charge in [0.05, 0.1) is 10.3 Å². The van der Waals surface area contributed by atoms with Crippen molar-refractivity contribution in [1.82, 2.24) is 4.31 Å². The number of alkyl halides is 1. The summed E-state index contributed by atoms with van der Waals surface area (Å²) in [5.41, 5.74) is 1.05. The van der Waals surface area contributed by atoms with E-state index >= 15 is 0 Å². The van der Waals surface area contributed by atoms with Crippen molar-refractivity contribution in [3.8, 4) is 0 Å². The van der Waals surface area contributed by atoms with Crippen molar-refractivity contribution in [2.45, 2.75) is 48.9 Å². The van der Waals surface area contributed by atoms with Crippen molar-refractivity contribution in [1.29, 1.82) is 0 Å². The first-order valence-electron chi connectivity index (χ1n) is 7.26. The first kappa shape index (κ1) is 16.5. The van der Waals surface area contributed by atoms with Gasteiger partial charge in [0, 0.05) is 13.1 Å². The van der Waals surface area contributed by atoms with Crippen LogP contribution in [0.1, 0.15) is 31.2 Å². The Morgan fingerprint density at radius 3 is 2.52 bits per heavy atom. The summed E-state index contributed by atoms with van der Waals surface area (Å²) in [5, 5.41) is 0.0740. The Morgan fingerprint density at radius 2 is 1.86 bits per heavy atom. The average Bonchev–Trinajstić information content (AvgIpc) is 2.42. The molecule has 1 aromatic carbocycles. The minimum absolute atomic E-state index is 0.00304. The Bertz CT molecular complexity index is 595. The maximum atomic E-state index is 12.7. The van der Waals surface area contributed by atoms with E-state index < -0.39 is 10.0 Å². The number of rotatable bonds is 3. The Morgan fingerprint density at radius 1 is 1.19 bits per heavy atom. The summed E-state index contributed by atoms with van der Waals surface area (Å²) < 4.78 is 26.9. The van der Waals surface area contributed by atoms with Gasteiger partial charge in [0.15, 0.2) is 0 Å². The van der Waals surface area contributed by atoms with Crippen LogP contribution in [0.4, 0.5) is 0 Å². The normalized spacial score (nSPS) is 25.3. The van der Waals surface area contributed by atoms with Crippen LogP contribution >= 0.6 is 11.6 Å². The summed E-state index contributed by atoms with van der Waals surface area (Å²) >= 11 is 6.10. The second kappa shape index (κ2) is 6.95. The van der Waals surface area contributed by atoms with Gasteiger partial charge in [-0.3, -0.25) is 0 Å². The third-order valence-corrected chi connectivity index (χ3v) is 6.27. The van der Waals surface area contributed by atoms with E-state index in [0.717, 1.165) is 24.8 Å². The molecule has 116 valence electrons. The Labute approximate surface area is 132 Å². The third-order valence-electron chi connectivity index (χ3n) is 3.98. The van der Waals surface area contributed by atoms with Crippen LogP contribution in [-0.2, 0) is 10.0 Å². The minimum atomic E-state index is -3.43. The van der Waals surface area contributed by atoms with E-state index in [2.05, 4.69) is 0 Å². The summed E-state index contributed by atoms with van der Waals surface area (Å²) in [5.74, 6) is 0. The van der Waals surface area contributed by atoms with Gasteiger partial charge >= 0.3 is 0 Å². The molecule has 0 aliphatic heterocycles. The number of allylic oxidation sites excluding steroid dienone is 1. The molecule has 1 aliphatic rings. The molecule has 3 nitrogen and oxygen atoms in total. The molecule has 0 saturated heterocycles. The number of hydrogen-bond acceptors (Lipinski definition) is 2. The highest BCUT2D eigenvalue weighted by molar-refractivity contribution is 7.89. The van der Waals surface area contributed by atoms with E-state index in [1.54, 1.807) is 19.2 Å². The smallest absolute Gasteiger partial charge is 0.207 e. The molecule has 1 aliphatic carbocycles. The van der Waals surface area contributed by atoms with Gasteiger partial charge in [-0.2, -0.15) is 4.31 Å². The monoisotopic (exact) mass is 327 g/mol. The van der Waals surface area contributed by atoms with Crippen LogP contribution in [-0.4, -0.2) is 31.2 Å². The summed E-state index contributed by atoms with van der Waals surface area (Å²) in [7, 11) is -1.76. The van der Waals surface area contributed by atoms with Gasteiger partial charge in [0.2, 0.25) is 10.0 Å². The van der Waals surface area contributed by atoms with Gasteiger partial charge in [0.25, 0.3) is 0 Å².